The number of hydrogen-bond acceptors (Lipinski definition) is 4. The quantitative estimate of drug-likeness (QED) is 0.598. The number of aryl methyl sites for hydroxylation is 1. The Morgan fingerprint density at radius 1 is 1.50 bits per heavy atom. The minimum atomic E-state index is -1.00. The molecule has 1 aromatic heterocycles. The Morgan fingerprint density at radius 2 is 2.20 bits per heavy atom. The Bertz CT molecular complexity index is 505. The van der Waals surface area contributed by atoms with Crippen LogP contribution in [0.2, 0.25) is 0 Å². The van der Waals surface area contributed by atoms with E-state index in [-0.39, 0.29) is 12.0 Å². The number of carboxylic acid groups (broad SMARTS) is 1. The summed E-state index contributed by atoms with van der Waals surface area (Å²) in [6.07, 6.45) is 2.71. The molecule has 6 heteroatoms. The number of aliphatic carboxylic acids is 1. The fourth-order valence-corrected chi connectivity index (χ4v) is 2.46. The lowest BCUT2D eigenvalue weighted by molar-refractivity contribution is -0.131. The average molecular weight is 297 g/mol. The minimum Gasteiger partial charge on any atom is -0.478 e. The van der Waals surface area contributed by atoms with E-state index in [4.69, 9.17) is 9.84 Å². The van der Waals surface area contributed by atoms with Gasteiger partial charge in [-0.2, -0.15) is 0 Å². The number of ether oxygens (including phenoxy) is 1. The number of thiophene rings is 1. The van der Waals surface area contributed by atoms with Crippen molar-refractivity contribution in [1.29, 1.82) is 0 Å². The number of hydrogen-bond donors (Lipinski definition) is 2. The van der Waals surface area contributed by atoms with Gasteiger partial charge < -0.3 is 15.2 Å². The summed E-state index contributed by atoms with van der Waals surface area (Å²) in [5, 5.41) is 11.4. The van der Waals surface area contributed by atoms with Crippen molar-refractivity contribution in [2.45, 2.75) is 26.9 Å². The van der Waals surface area contributed by atoms with Crippen molar-refractivity contribution in [3.8, 4) is 0 Å². The van der Waals surface area contributed by atoms with Crippen molar-refractivity contribution in [2.75, 3.05) is 13.2 Å². The van der Waals surface area contributed by atoms with Crippen LogP contribution in [-0.4, -0.2) is 36.2 Å². The SMILES string of the molecule is Cc1cc(C(=O)NCCOC(C)C)sc1/C=C/C(=O)O. The smallest absolute Gasteiger partial charge is 0.328 e. The maximum Gasteiger partial charge on any atom is 0.328 e. The van der Waals surface area contributed by atoms with Crippen LogP contribution in [0.15, 0.2) is 12.1 Å². The summed E-state index contributed by atoms with van der Waals surface area (Å²) in [5.74, 6) is -1.17. The van der Waals surface area contributed by atoms with Crippen molar-refractivity contribution in [3.63, 3.8) is 0 Å². The predicted octanol–water partition coefficient (Wildman–Crippen LogP) is 2.31. The first-order valence-corrected chi connectivity index (χ1v) is 7.13. The lowest BCUT2D eigenvalue weighted by Crippen LogP contribution is -2.27. The number of amides is 1. The zero-order valence-corrected chi connectivity index (χ0v) is 12.6. The van der Waals surface area contributed by atoms with Gasteiger partial charge in [-0.25, -0.2) is 4.79 Å². The zero-order chi connectivity index (χ0) is 15.1. The average Bonchev–Trinajstić information content (AvgIpc) is 2.73. The molecule has 1 aromatic rings. The first kappa shape index (κ1) is 16.4. The van der Waals surface area contributed by atoms with E-state index in [1.165, 1.54) is 17.4 Å². The van der Waals surface area contributed by atoms with Crippen molar-refractivity contribution in [1.82, 2.24) is 5.32 Å². The molecule has 2 N–H and O–H groups in total. The molecule has 0 atom stereocenters. The molecule has 0 fully saturated rings. The lowest BCUT2D eigenvalue weighted by Gasteiger charge is -2.07. The number of carbonyl (C=O) groups is 2. The van der Waals surface area contributed by atoms with Crippen LogP contribution >= 0.6 is 11.3 Å². The molecule has 0 spiro atoms. The first-order valence-electron chi connectivity index (χ1n) is 6.31. The molecular weight excluding hydrogens is 278 g/mol. The van der Waals surface area contributed by atoms with Gasteiger partial charge in [-0.3, -0.25) is 4.79 Å². The Balaban J connectivity index is 2.57. The molecule has 1 rings (SSSR count). The molecule has 0 unspecified atom stereocenters. The van der Waals surface area contributed by atoms with E-state index in [0.29, 0.717) is 18.0 Å². The maximum absolute atomic E-state index is 11.9. The molecule has 0 saturated carbocycles. The maximum atomic E-state index is 11.9. The molecule has 1 heterocycles. The summed E-state index contributed by atoms with van der Waals surface area (Å²) in [5.41, 5.74) is 0.885. The van der Waals surface area contributed by atoms with Crippen LogP contribution in [0.5, 0.6) is 0 Å². The van der Waals surface area contributed by atoms with Gasteiger partial charge in [0.1, 0.15) is 0 Å². The monoisotopic (exact) mass is 297 g/mol. The van der Waals surface area contributed by atoms with Crippen molar-refractivity contribution < 1.29 is 19.4 Å². The van der Waals surface area contributed by atoms with Gasteiger partial charge in [0.25, 0.3) is 5.91 Å². The minimum absolute atomic E-state index is 0.142. The van der Waals surface area contributed by atoms with Crippen LogP contribution < -0.4 is 5.32 Å². The number of carboxylic acids is 1. The van der Waals surface area contributed by atoms with Gasteiger partial charge in [0, 0.05) is 17.5 Å². The summed E-state index contributed by atoms with van der Waals surface area (Å²) < 4.78 is 5.33. The Hall–Kier alpha value is -1.66. The standard InChI is InChI=1S/C14H19NO4S/c1-9(2)19-7-6-15-14(18)12-8-10(3)11(20-12)4-5-13(16)17/h4-5,8-9H,6-7H2,1-3H3,(H,15,18)(H,16,17)/b5-4+. The highest BCUT2D eigenvalue weighted by Crippen LogP contribution is 2.23. The molecule has 110 valence electrons. The number of rotatable bonds is 7. The van der Waals surface area contributed by atoms with Crippen LogP contribution in [0.25, 0.3) is 6.08 Å². The first-order chi connectivity index (χ1) is 9.40. The van der Waals surface area contributed by atoms with Crippen LogP contribution in [-0.2, 0) is 9.53 Å². The van der Waals surface area contributed by atoms with Gasteiger partial charge in [-0.15, -0.1) is 11.3 Å². The second-order valence-electron chi connectivity index (χ2n) is 4.50. The zero-order valence-electron chi connectivity index (χ0n) is 11.8. The van der Waals surface area contributed by atoms with Crippen LogP contribution in [0, 0.1) is 6.92 Å². The molecule has 20 heavy (non-hydrogen) atoms. The van der Waals surface area contributed by atoms with Gasteiger partial charge in [-0.05, 0) is 38.5 Å². The molecule has 0 radical (unpaired) electrons. The molecular formula is C14H19NO4S. The van der Waals surface area contributed by atoms with E-state index in [9.17, 15) is 9.59 Å². The summed E-state index contributed by atoms with van der Waals surface area (Å²) >= 11 is 1.27. The summed E-state index contributed by atoms with van der Waals surface area (Å²) in [4.78, 5) is 23.7. The van der Waals surface area contributed by atoms with Crippen molar-refractivity contribution in [2.24, 2.45) is 0 Å². The van der Waals surface area contributed by atoms with Crippen LogP contribution in [0.1, 0.15) is 34.0 Å². The molecule has 0 aliphatic carbocycles. The number of carbonyl (C=O) groups excluding carboxylic acids is 1. The predicted molar refractivity (Wildman–Crippen MR) is 79.1 cm³/mol. The van der Waals surface area contributed by atoms with Gasteiger partial charge >= 0.3 is 5.97 Å². The van der Waals surface area contributed by atoms with Crippen LogP contribution in [0.3, 0.4) is 0 Å². The second-order valence-corrected chi connectivity index (χ2v) is 5.59. The van der Waals surface area contributed by atoms with E-state index in [1.54, 1.807) is 6.07 Å². The molecule has 0 aromatic carbocycles. The highest BCUT2D eigenvalue weighted by Gasteiger charge is 2.11. The third-order valence-corrected chi connectivity index (χ3v) is 3.60. The van der Waals surface area contributed by atoms with Crippen molar-refractivity contribution in [3.05, 3.63) is 27.5 Å². The molecule has 5 nitrogen and oxygen atoms in total. The third kappa shape index (κ3) is 5.54. The molecule has 0 aliphatic rings. The fourth-order valence-electron chi connectivity index (χ4n) is 1.47. The summed E-state index contributed by atoms with van der Waals surface area (Å²) in [7, 11) is 0. The molecule has 0 bridgehead atoms. The topological polar surface area (TPSA) is 75.6 Å². The lowest BCUT2D eigenvalue weighted by atomic mass is 10.2. The molecule has 1 amide bonds. The molecule has 0 aliphatic heterocycles. The Morgan fingerprint density at radius 3 is 2.80 bits per heavy atom. The highest BCUT2D eigenvalue weighted by molar-refractivity contribution is 7.15. The van der Waals surface area contributed by atoms with Gasteiger partial charge in [0.15, 0.2) is 0 Å². The van der Waals surface area contributed by atoms with Gasteiger partial charge in [0.2, 0.25) is 0 Å². The van der Waals surface area contributed by atoms with E-state index in [1.807, 2.05) is 20.8 Å². The Kier molecular flexibility index (Phi) is 6.41. The molecule has 0 saturated heterocycles. The largest absolute Gasteiger partial charge is 0.478 e. The normalized spacial score (nSPS) is 11.2. The number of nitrogens with one attached hydrogen (secondary N) is 1. The van der Waals surface area contributed by atoms with E-state index >= 15 is 0 Å². The van der Waals surface area contributed by atoms with E-state index in [0.717, 1.165) is 16.5 Å². The van der Waals surface area contributed by atoms with Crippen LogP contribution in [0.4, 0.5) is 0 Å². The third-order valence-electron chi connectivity index (χ3n) is 2.40. The van der Waals surface area contributed by atoms with E-state index < -0.39 is 5.97 Å². The van der Waals surface area contributed by atoms with Crippen molar-refractivity contribution >= 4 is 29.3 Å². The second kappa shape index (κ2) is 7.81. The summed E-state index contributed by atoms with van der Waals surface area (Å²) in [6.45, 7) is 6.64. The van der Waals surface area contributed by atoms with E-state index in [2.05, 4.69) is 5.32 Å². The summed E-state index contributed by atoms with van der Waals surface area (Å²) in [6, 6.07) is 1.75. The highest BCUT2D eigenvalue weighted by atomic mass is 32.1. The van der Waals surface area contributed by atoms with Gasteiger partial charge in [0.05, 0.1) is 17.6 Å². The Labute approximate surface area is 122 Å². The van der Waals surface area contributed by atoms with Gasteiger partial charge in [-0.1, -0.05) is 0 Å². The fraction of sp³-hybridized carbons (Fsp3) is 0.429.